The van der Waals surface area contributed by atoms with Gasteiger partial charge >= 0.3 is 0 Å². The van der Waals surface area contributed by atoms with Crippen LogP contribution in [0.15, 0.2) is 28.7 Å². The average molecular weight is 353 g/mol. The first-order valence-corrected chi connectivity index (χ1v) is 8.58. The van der Waals surface area contributed by atoms with Gasteiger partial charge in [-0.25, -0.2) is 0 Å². The Morgan fingerprint density at radius 3 is 3.00 bits per heavy atom. The molecule has 1 aromatic rings. The van der Waals surface area contributed by atoms with E-state index < -0.39 is 0 Å². The van der Waals surface area contributed by atoms with Gasteiger partial charge in [-0.15, -0.1) is 0 Å². The van der Waals surface area contributed by atoms with Crippen LogP contribution in [0.4, 0.5) is 0 Å². The molecule has 21 heavy (non-hydrogen) atoms. The molecule has 1 amide bonds. The van der Waals surface area contributed by atoms with Crippen molar-refractivity contribution in [3.8, 4) is 0 Å². The number of piperidine rings is 1. The Balaban J connectivity index is 1.82. The molecule has 1 saturated heterocycles. The van der Waals surface area contributed by atoms with Crippen LogP contribution in [0.3, 0.4) is 0 Å². The molecule has 3 nitrogen and oxygen atoms in total. The minimum Gasteiger partial charge on any atom is -0.356 e. The minimum atomic E-state index is 0.0753. The maximum atomic E-state index is 11.7. The van der Waals surface area contributed by atoms with Crippen molar-refractivity contribution in [2.75, 3.05) is 19.6 Å². The first-order valence-electron chi connectivity index (χ1n) is 7.79. The number of hydrogen-bond acceptors (Lipinski definition) is 2. The van der Waals surface area contributed by atoms with E-state index in [9.17, 15) is 4.79 Å². The van der Waals surface area contributed by atoms with E-state index in [1.54, 1.807) is 0 Å². The maximum absolute atomic E-state index is 11.7. The van der Waals surface area contributed by atoms with Crippen LogP contribution in [0, 0.1) is 11.8 Å². The van der Waals surface area contributed by atoms with Gasteiger partial charge in [0.15, 0.2) is 0 Å². The molecule has 1 atom stereocenters. The number of hydrogen-bond donors (Lipinski definition) is 1. The van der Waals surface area contributed by atoms with Gasteiger partial charge in [-0.1, -0.05) is 41.9 Å². The van der Waals surface area contributed by atoms with Crippen LogP contribution < -0.4 is 5.32 Å². The highest BCUT2D eigenvalue weighted by Crippen LogP contribution is 2.19. The van der Waals surface area contributed by atoms with Gasteiger partial charge in [-0.05, 0) is 43.0 Å². The standard InChI is InChI=1S/C17H25BrN2O/c1-13(2)17(21)19-10-15-6-4-8-20(12-15)11-14-5-3-7-16(18)9-14/h3,5,7,9,13,15H,4,6,8,10-12H2,1-2H3,(H,19,21). The molecular formula is C17H25BrN2O. The topological polar surface area (TPSA) is 32.3 Å². The van der Waals surface area contributed by atoms with E-state index in [-0.39, 0.29) is 11.8 Å². The van der Waals surface area contributed by atoms with Crippen molar-refractivity contribution in [2.45, 2.75) is 33.2 Å². The molecule has 1 aliphatic rings. The van der Waals surface area contributed by atoms with Gasteiger partial charge in [0, 0.05) is 30.0 Å². The van der Waals surface area contributed by atoms with Crippen molar-refractivity contribution in [1.82, 2.24) is 10.2 Å². The van der Waals surface area contributed by atoms with Gasteiger partial charge in [0.25, 0.3) is 0 Å². The quantitative estimate of drug-likeness (QED) is 0.880. The second-order valence-electron chi connectivity index (χ2n) is 6.27. The molecule has 1 heterocycles. The summed E-state index contributed by atoms with van der Waals surface area (Å²) < 4.78 is 1.14. The van der Waals surface area contributed by atoms with E-state index >= 15 is 0 Å². The van der Waals surface area contributed by atoms with Crippen molar-refractivity contribution >= 4 is 21.8 Å². The van der Waals surface area contributed by atoms with Crippen LogP contribution in [0.5, 0.6) is 0 Å². The Bertz CT molecular complexity index is 476. The minimum absolute atomic E-state index is 0.0753. The summed E-state index contributed by atoms with van der Waals surface area (Å²) in [6.07, 6.45) is 2.43. The molecule has 1 fully saturated rings. The zero-order chi connectivity index (χ0) is 15.2. The van der Waals surface area contributed by atoms with Crippen molar-refractivity contribution in [3.63, 3.8) is 0 Å². The predicted octanol–water partition coefficient (Wildman–Crippen LogP) is 3.43. The Morgan fingerprint density at radius 2 is 2.29 bits per heavy atom. The van der Waals surface area contributed by atoms with Gasteiger partial charge in [0.2, 0.25) is 5.91 Å². The second-order valence-corrected chi connectivity index (χ2v) is 7.19. The Hall–Kier alpha value is -0.870. The normalized spacial score (nSPS) is 19.7. The molecule has 0 saturated carbocycles. The van der Waals surface area contributed by atoms with E-state index in [4.69, 9.17) is 0 Å². The fraction of sp³-hybridized carbons (Fsp3) is 0.588. The molecule has 2 rings (SSSR count). The molecule has 0 aliphatic carbocycles. The number of nitrogens with one attached hydrogen (secondary N) is 1. The molecule has 1 aliphatic heterocycles. The summed E-state index contributed by atoms with van der Waals surface area (Å²) in [5.74, 6) is 0.819. The summed E-state index contributed by atoms with van der Waals surface area (Å²) in [7, 11) is 0. The highest BCUT2D eigenvalue weighted by atomic mass is 79.9. The van der Waals surface area contributed by atoms with Crippen LogP contribution in [-0.2, 0) is 11.3 Å². The van der Waals surface area contributed by atoms with E-state index in [2.05, 4.69) is 50.4 Å². The van der Waals surface area contributed by atoms with Crippen LogP contribution >= 0.6 is 15.9 Å². The van der Waals surface area contributed by atoms with Crippen LogP contribution in [-0.4, -0.2) is 30.4 Å². The lowest BCUT2D eigenvalue weighted by Crippen LogP contribution is -2.41. The molecule has 116 valence electrons. The molecular weight excluding hydrogens is 328 g/mol. The van der Waals surface area contributed by atoms with Gasteiger partial charge < -0.3 is 5.32 Å². The van der Waals surface area contributed by atoms with Crippen molar-refractivity contribution in [3.05, 3.63) is 34.3 Å². The van der Waals surface area contributed by atoms with E-state index in [0.717, 1.165) is 30.7 Å². The average Bonchev–Trinajstić information content (AvgIpc) is 2.45. The molecule has 0 aromatic heterocycles. The van der Waals surface area contributed by atoms with Crippen molar-refractivity contribution in [1.29, 1.82) is 0 Å². The fourth-order valence-electron chi connectivity index (χ4n) is 2.80. The first-order chi connectivity index (χ1) is 10.0. The second kappa shape index (κ2) is 7.95. The fourth-order valence-corrected chi connectivity index (χ4v) is 3.25. The number of halogens is 1. The Labute approximate surface area is 136 Å². The van der Waals surface area contributed by atoms with Gasteiger partial charge in [-0.2, -0.15) is 0 Å². The highest BCUT2D eigenvalue weighted by molar-refractivity contribution is 9.10. The molecule has 0 bridgehead atoms. The number of benzene rings is 1. The molecule has 1 aromatic carbocycles. The monoisotopic (exact) mass is 352 g/mol. The molecule has 1 unspecified atom stereocenters. The van der Waals surface area contributed by atoms with E-state index in [1.807, 2.05) is 13.8 Å². The first kappa shape index (κ1) is 16.5. The van der Waals surface area contributed by atoms with E-state index in [1.165, 1.54) is 18.4 Å². The molecule has 0 spiro atoms. The van der Waals surface area contributed by atoms with Crippen LogP contribution in [0.2, 0.25) is 0 Å². The van der Waals surface area contributed by atoms with Crippen molar-refractivity contribution in [2.24, 2.45) is 11.8 Å². The number of likely N-dealkylation sites (tertiary alicyclic amines) is 1. The third kappa shape index (κ3) is 5.44. The molecule has 1 N–H and O–H groups in total. The predicted molar refractivity (Wildman–Crippen MR) is 90.0 cm³/mol. The van der Waals surface area contributed by atoms with Gasteiger partial charge in [0.05, 0.1) is 0 Å². The highest BCUT2D eigenvalue weighted by Gasteiger charge is 2.20. The number of rotatable bonds is 5. The smallest absolute Gasteiger partial charge is 0.222 e. The third-order valence-electron chi connectivity index (χ3n) is 3.99. The van der Waals surface area contributed by atoms with Crippen LogP contribution in [0.1, 0.15) is 32.3 Å². The summed E-state index contributed by atoms with van der Waals surface area (Å²) in [6, 6.07) is 8.51. The van der Waals surface area contributed by atoms with Gasteiger partial charge in [0.1, 0.15) is 0 Å². The zero-order valence-electron chi connectivity index (χ0n) is 12.9. The molecule has 0 radical (unpaired) electrons. The zero-order valence-corrected chi connectivity index (χ0v) is 14.5. The van der Waals surface area contributed by atoms with Crippen molar-refractivity contribution < 1.29 is 4.79 Å². The number of carbonyl (C=O) groups is 1. The lowest BCUT2D eigenvalue weighted by atomic mass is 9.97. The van der Waals surface area contributed by atoms with Gasteiger partial charge in [-0.3, -0.25) is 9.69 Å². The lowest BCUT2D eigenvalue weighted by molar-refractivity contribution is -0.124. The number of carbonyl (C=O) groups excluding carboxylic acids is 1. The maximum Gasteiger partial charge on any atom is 0.222 e. The SMILES string of the molecule is CC(C)C(=O)NCC1CCCN(Cc2cccc(Br)c2)C1. The summed E-state index contributed by atoms with van der Waals surface area (Å²) in [5.41, 5.74) is 1.34. The Morgan fingerprint density at radius 1 is 1.48 bits per heavy atom. The number of nitrogens with zero attached hydrogens (tertiary/aromatic N) is 1. The van der Waals surface area contributed by atoms with E-state index in [0.29, 0.717) is 5.92 Å². The summed E-state index contributed by atoms with van der Waals surface area (Å²) in [6.45, 7) is 7.91. The lowest BCUT2D eigenvalue weighted by Gasteiger charge is -2.33. The largest absolute Gasteiger partial charge is 0.356 e. The summed E-state index contributed by atoms with van der Waals surface area (Å²) >= 11 is 3.53. The van der Waals surface area contributed by atoms with Crippen LogP contribution in [0.25, 0.3) is 0 Å². The number of amides is 1. The summed E-state index contributed by atoms with van der Waals surface area (Å²) in [4.78, 5) is 14.2. The Kier molecular flexibility index (Phi) is 6.24. The molecule has 4 heteroatoms. The summed E-state index contributed by atoms with van der Waals surface area (Å²) in [5, 5.41) is 3.07. The third-order valence-corrected chi connectivity index (χ3v) is 4.48.